The Bertz CT molecular complexity index is 964. The molecule has 0 aliphatic heterocycles. The molecule has 2 aromatic heterocycles. The van der Waals surface area contributed by atoms with Crippen molar-refractivity contribution in [2.45, 2.75) is 11.9 Å². The first-order chi connectivity index (χ1) is 12.1. The second kappa shape index (κ2) is 7.15. The fourth-order valence-corrected chi connectivity index (χ4v) is 3.04. The molecule has 0 radical (unpaired) electrons. The van der Waals surface area contributed by atoms with E-state index < -0.39 is 11.7 Å². The van der Waals surface area contributed by atoms with Crippen LogP contribution in [-0.2, 0) is 0 Å². The number of benzene rings is 1. The molecule has 0 fully saturated rings. The van der Waals surface area contributed by atoms with Crippen molar-refractivity contribution in [1.82, 2.24) is 10.3 Å². The lowest BCUT2D eigenvalue weighted by Crippen LogP contribution is -2.39. The summed E-state index contributed by atoms with van der Waals surface area (Å²) < 4.78 is 5.83. The number of ketones is 1. The highest BCUT2D eigenvalue weighted by atomic mass is 32.2. The normalized spacial score (nSPS) is 10.4. The van der Waals surface area contributed by atoms with E-state index in [4.69, 9.17) is 5.26 Å². The van der Waals surface area contributed by atoms with E-state index >= 15 is 0 Å². The number of thioether (sulfide) groups is 1. The van der Waals surface area contributed by atoms with E-state index in [1.807, 2.05) is 12.1 Å². The maximum absolute atomic E-state index is 12.5. The van der Waals surface area contributed by atoms with Gasteiger partial charge in [-0.05, 0) is 23.7 Å². The lowest BCUT2D eigenvalue weighted by Gasteiger charge is -2.03. The van der Waals surface area contributed by atoms with Gasteiger partial charge in [-0.2, -0.15) is 5.26 Å². The fourth-order valence-electron chi connectivity index (χ4n) is 2.16. The second-order valence-electron chi connectivity index (χ2n) is 5.09. The van der Waals surface area contributed by atoms with Crippen LogP contribution >= 0.6 is 11.8 Å². The Hall–Kier alpha value is -3.18. The molecule has 3 rings (SSSR count). The molecule has 0 aliphatic rings. The molecule has 25 heavy (non-hydrogen) atoms. The van der Waals surface area contributed by atoms with Crippen LogP contribution in [0.4, 0.5) is 0 Å². The summed E-state index contributed by atoms with van der Waals surface area (Å²) in [5.41, 5.74) is 1.51. The van der Waals surface area contributed by atoms with Crippen LogP contribution in [0.25, 0.3) is 5.69 Å². The highest BCUT2D eigenvalue weighted by Crippen LogP contribution is 2.22. The molecule has 0 atom stereocenters. The molecule has 0 N–H and O–H groups in total. The predicted octanol–water partition coefficient (Wildman–Crippen LogP) is 1.57. The third-order valence-corrected chi connectivity index (χ3v) is 4.33. The molecular weight excluding hydrogens is 340 g/mol. The summed E-state index contributed by atoms with van der Waals surface area (Å²) in [7, 11) is 0. The SMILES string of the molecule is Cc1ccc(C#N)c(SCC(=O)c2c([O-])on[n+]2-c2ccccc2)n1. The van der Waals surface area contributed by atoms with Crippen molar-refractivity contribution in [2.24, 2.45) is 0 Å². The average molecular weight is 352 g/mol. The van der Waals surface area contributed by atoms with Crippen molar-refractivity contribution < 1.29 is 19.1 Å². The first kappa shape index (κ1) is 16.7. The minimum absolute atomic E-state index is 0.0611. The van der Waals surface area contributed by atoms with Crippen molar-refractivity contribution in [3.63, 3.8) is 0 Å². The van der Waals surface area contributed by atoms with E-state index in [-0.39, 0.29) is 11.4 Å². The molecule has 0 unspecified atom stereocenters. The highest BCUT2D eigenvalue weighted by Gasteiger charge is 2.27. The maximum Gasteiger partial charge on any atom is 0.307 e. The lowest BCUT2D eigenvalue weighted by molar-refractivity contribution is -0.672. The summed E-state index contributed by atoms with van der Waals surface area (Å²) >= 11 is 1.10. The zero-order valence-electron chi connectivity index (χ0n) is 13.2. The van der Waals surface area contributed by atoms with Crippen LogP contribution in [0.5, 0.6) is 5.95 Å². The molecule has 124 valence electrons. The van der Waals surface area contributed by atoms with Gasteiger partial charge in [-0.25, -0.2) is 4.98 Å². The van der Waals surface area contributed by atoms with Crippen LogP contribution in [0.1, 0.15) is 21.7 Å². The van der Waals surface area contributed by atoms with Gasteiger partial charge in [0.1, 0.15) is 11.1 Å². The van der Waals surface area contributed by atoms with Gasteiger partial charge in [0.15, 0.2) is 5.95 Å². The largest absolute Gasteiger partial charge is 0.539 e. The molecule has 0 saturated carbocycles. The third-order valence-electron chi connectivity index (χ3n) is 3.34. The standard InChI is InChI=1S/C17H12N4O3S/c1-11-7-8-12(9-18)16(19-11)25-10-14(22)15-17(23)24-20-21(15)13-5-3-2-4-6-13/h2-8H,10H2,1H3. The first-order valence-corrected chi connectivity index (χ1v) is 8.27. The number of hydrogen-bond acceptors (Lipinski definition) is 7. The number of aryl methyl sites for hydroxylation is 1. The van der Waals surface area contributed by atoms with Crippen molar-refractivity contribution in [1.29, 1.82) is 5.26 Å². The van der Waals surface area contributed by atoms with Gasteiger partial charge in [0, 0.05) is 17.8 Å². The summed E-state index contributed by atoms with van der Waals surface area (Å²) in [5.74, 6) is -1.31. The topological polar surface area (TPSA) is 107 Å². The number of para-hydroxylation sites is 1. The number of nitriles is 1. The summed E-state index contributed by atoms with van der Waals surface area (Å²) in [6.07, 6.45) is 0. The van der Waals surface area contributed by atoms with Gasteiger partial charge in [-0.15, -0.1) is 0 Å². The highest BCUT2D eigenvalue weighted by molar-refractivity contribution is 8.00. The number of pyridine rings is 1. The molecule has 0 bridgehead atoms. The second-order valence-corrected chi connectivity index (χ2v) is 6.05. The van der Waals surface area contributed by atoms with E-state index in [2.05, 4.69) is 14.8 Å². The first-order valence-electron chi connectivity index (χ1n) is 7.28. The smallest absolute Gasteiger partial charge is 0.307 e. The number of carbonyl (C=O) groups is 1. The average Bonchev–Trinajstić information content (AvgIpc) is 3.02. The minimum Gasteiger partial charge on any atom is -0.539 e. The third kappa shape index (κ3) is 3.51. The van der Waals surface area contributed by atoms with Gasteiger partial charge in [-0.3, -0.25) is 4.79 Å². The van der Waals surface area contributed by atoms with E-state index in [0.717, 1.165) is 17.5 Å². The Morgan fingerprint density at radius 2 is 2.08 bits per heavy atom. The zero-order valence-corrected chi connectivity index (χ0v) is 14.0. The van der Waals surface area contributed by atoms with Gasteiger partial charge < -0.3 is 9.63 Å². The van der Waals surface area contributed by atoms with E-state index in [0.29, 0.717) is 16.3 Å². The van der Waals surface area contributed by atoms with Gasteiger partial charge in [0.05, 0.1) is 16.6 Å². The summed E-state index contributed by atoms with van der Waals surface area (Å²) in [4.78, 5) is 16.8. The molecule has 0 amide bonds. The molecule has 0 spiro atoms. The number of aromatic nitrogens is 3. The molecule has 0 saturated heterocycles. The fraction of sp³-hybridized carbons (Fsp3) is 0.118. The molecule has 0 aliphatic carbocycles. The Morgan fingerprint density at radius 1 is 1.32 bits per heavy atom. The van der Waals surface area contributed by atoms with E-state index in [1.165, 1.54) is 4.68 Å². The molecule has 2 heterocycles. The quantitative estimate of drug-likeness (QED) is 0.390. The van der Waals surface area contributed by atoms with Crippen LogP contribution < -0.4 is 9.79 Å². The van der Waals surface area contributed by atoms with Gasteiger partial charge in [-0.1, -0.05) is 30.0 Å². The number of carbonyl (C=O) groups excluding carboxylic acids is 1. The predicted molar refractivity (Wildman–Crippen MR) is 86.2 cm³/mol. The van der Waals surface area contributed by atoms with Gasteiger partial charge in [0.2, 0.25) is 11.5 Å². The molecule has 8 heteroatoms. The summed E-state index contributed by atoms with van der Waals surface area (Å²) in [5, 5.41) is 25.1. The van der Waals surface area contributed by atoms with Gasteiger partial charge in [0.25, 0.3) is 0 Å². The molecule has 3 aromatic rings. The van der Waals surface area contributed by atoms with E-state index in [1.54, 1.807) is 43.3 Å². The Balaban J connectivity index is 1.85. The van der Waals surface area contributed by atoms with Crippen molar-refractivity contribution in [2.75, 3.05) is 5.75 Å². The van der Waals surface area contributed by atoms with Crippen molar-refractivity contribution >= 4 is 17.5 Å². The molecular formula is C17H12N4O3S. The Morgan fingerprint density at radius 3 is 2.80 bits per heavy atom. The van der Waals surface area contributed by atoms with Crippen LogP contribution in [0.15, 0.2) is 52.0 Å². The minimum atomic E-state index is -0.799. The molecule has 1 aromatic carbocycles. The monoisotopic (exact) mass is 352 g/mol. The van der Waals surface area contributed by atoms with Crippen molar-refractivity contribution in [3.05, 3.63) is 59.4 Å². The Kier molecular flexibility index (Phi) is 4.77. The van der Waals surface area contributed by atoms with Crippen LogP contribution in [-0.4, -0.2) is 21.8 Å². The van der Waals surface area contributed by atoms with E-state index in [9.17, 15) is 9.90 Å². The summed E-state index contributed by atoms with van der Waals surface area (Å²) in [6, 6.07) is 14.2. The Labute approximate surface area is 147 Å². The number of Topliss-reactive ketones (excluding diaryl/α,β-unsaturated/α-hetero) is 1. The number of rotatable bonds is 5. The van der Waals surface area contributed by atoms with Crippen LogP contribution in [0.2, 0.25) is 0 Å². The number of hydrogen-bond donors (Lipinski definition) is 0. The zero-order chi connectivity index (χ0) is 17.8. The van der Waals surface area contributed by atoms with Gasteiger partial charge >= 0.3 is 5.69 Å². The summed E-state index contributed by atoms with van der Waals surface area (Å²) in [6.45, 7) is 1.80. The van der Waals surface area contributed by atoms with Crippen LogP contribution in [0.3, 0.4) is 0 Å². The van der Waals surface area contributed by atoms with Crippen LogP contribution in [0, 0.1) is 18.3 Å². The lowest BCUT2D eigenvalue weighted by atomic mass is 10.3. The number of nitrogens with zero attached hydrogens (tertiary/aromatic N) is 4. The maximum atomic E-state index is 12.5. The van der Waals surface area contributed by atoms with Crippen molar-refractivity contribution in [3.8, 4) is 17.7 Å². The molecule has 7 nitrogen and oxygen atoms in total.